The van der Waals surface area contributed by atoms with E-state index in [1.807, 2.05) is 0 Å². The van der Waals surface area contributed by atoms with Crippen LogP contribution < -0.4 is 0 Å². The summed E-state index contributed by atoms with van der Waals surface area (Å²) in [5.74, 6) is 0.759. The second-order valence-corrected chi connectivity index (χ2v) is 8.73. The van der Waals surface area contributed by atoms with Gasteiger partial charge < -0.3 is 9.12 Å². The Hall–Kier alpha value is -3.14. The molecule has 13 heteroatoms. The fraction of sp³-hybridized carbons (Fsp3) is 0.211. The maximum Gasteiger partial charge on any atom is 0.433 e. The lowest BCUT2D eigenvalue weighted by molar-refractivity contribution is -0.141. The molecule has 164 valence electrons. The van der Waals surface area contributed by atoms with Gasteiger partial charge in [-0.25, -0.2) is 19.6 Å². The molecule has 0 amide bonds. The van der Waals surface area contributed by atoms with Crippen LogP contribution in [0.2, 0.25) is 5.02 Å². The predicted octanol–water partition coefficient (Wildman–Crippen LogP) is 3.89. The Bertz CT molecular complexity index is 1380. The monoisotopic (exact) mass is 479 g/mol. The molecule has 0 aliphatic rings. The maximum absolute atomic E-state index is 13.2. The van der Waals surface area contributed by atoms with Crippen LogP contribution in [0.5, 0.6) is 0 Å². The van der Waals surface area contributed by atoms with Gasteiger partial charge in [-0.3, -0.25) is 0 Å². The average Bonchev–Trinajstić information content (AvgIpc) is 3.35. The molecule has 1 unspecified atom stereocenters. The van der Waals surface area contributed by atoms with Crippen molar-refractivity contribution in [3.8, 4) is 23.4 Å². The van der Waals surface area contributed by atoms with Crippen molar-refractivity contribution in [1.82, 2.24) is 29.3 Å². The van der Waals surface area contributed by atoms with Crippen molar-refractivity contribution in [3.05, 3.63) is 47.0 Å². The highest BCUT2D eigenvalue weighted by atomic mass is 35.5. The molecule has 4 aromatic rings. The van der Waals surface area contributed by atoms with E-state index in [9.17, 15) is 23.0 Å². The molecule has 4 heterocycles. The van der Waals surface area contributed by atoms with Gasteiger partial charge in [-0.15, -0.1) is 0 Å². The zero-order valence-electron chi connectivity index (χ0n) is 16.6. The van der Waals surface area contributed by atoms with Gasteiger partial charge in [0.1, 0.15) is 23.0 Å². The molecule has 0 aliphatic carbocycles. The number of aromatic nitrogens is 6. The van der Waals surface area contributed by atoms with Crippen LogP contribution in [0.15, 0.2) is 35.5 Å². The molecule has 0 bridgehead atoms. The van der Waals surface area contributed by atoms with E-state index in [-0.39, 0.29) is 28.3 Å². The number of hydrogen-bond acceptors (Lipinski definition) is 6. The van der Waals surface area contributed by atoms with Crippen molar-refractivity contribution in [2.24, 2.45) is 7.05 Å². The Morgan fingerprint density at radius 1 is 1.25 bits per heavy atom. The quantitative estimate of drug-likeness (QED) is 0.411. The minimum atomic E-state index is -4.75. The minimum Gasteiger partial charge on any atom is -0.611 e. The van der Waals surface area contributed by atoms with E-state index in [2.05, 4.69) is 20.1 Å². The molecule has 0 aliphatic heterocycles. The van der Waals surface area contributed by atoms with Crippen molar-refractivity contribution in [2.45, 2.75) is 18.0 Å². The topological polar surface area (TPSA) is 108 Å². The Morgan fingerprint density at radius 3 is 2.59 bits per heavy atom. The van der Waals surface area contributed by atoms with Crippen LogP contribution in [0.4, 0.5) is 13.2 Å². The number of hydrogen-bond donors (Lipinski definition) is 0. The molecule has 4 rings (SSSR count). The van der Waals surface area contributed by atoms with Gasteiger partial charge in [0, 0.05) is 7.05 Å². The van der Waals surface area contributed by atoms with E-state index < -0.39 is 28.7 Å². The van der Waals surface area contributed by atoms with Crippen molar-refractivity contribution in [2.75, 3.05) is 5.75 Å². The molecule has 0 aromatic carbocycles. The zero-order chi connectivity index (χ0) is 23.2. The Balaban J connectivity index is 2.00. The molecule has 0 saturated heterocycles. The van der Waals surface area contributed by atoms with Crippen LogP contribution in [0.3, 0.4) is 0 Å². The lowest BCUT2D eigenvalue weighted by Gasteiger charge is -2.13. The Labute approximate surface area is 187 Å². The number of nitriles is 1. The molecule has 0 N–H and O–H groups in total. The average molecular weight is 480 g/mol. The summed E-state index contributed by atoms with van der Waals surface area (Å²) in [6, 6.07) is 5.66. The number of pyridine rings is 2. The third-order valence-corrected chi connectivity index (χ3v) is 6.14. The largest absolute Gasteiger partial charge is 0.611 e. The van der Waals surface area contributed by atoms with Gasteiger partial charge in [0.2, 0.25) is 0 Å². The highest BCUT2D eigenvalue weighted by Crippen LogP contribution is 2.34. The number of alkyl halides is 3. The van der Waals surface area contributed by atoms with Crippen LogP contribution in [0.25, 0.3) is 28.4 Å². The third kappa shape index (κ3) is 3.79. The summed E-state index contributed by atoms with van der Waals surface area (Å²) in [7, 11) is 1.53. The van der Waals surface area contributed by atoms with Gasteiger partial charge in [-0.05, 0) is 36.3 Å². The molecule has 1 atom stereocenters. The van der Waals surface area contributed by atoms with E-state index in [4.69, 9.17) is 11.6 Å². The summed E-state index contributed by atoms with van der Waals surface area (Å²) in [4.78, 5) is 12.6. The summed E-state index contributed by atoms with van der Waals surface area (Å²) < 4.78 is 55.2. The van der Waals surface area contributed by atoms with Crippen LogP contribution >= 0.6 is 11.6 Å². The van der Waals surface area contributed by atoms with Crippen molar-refractivity contribution in [1.29, 1.82) is 5.26 Å². The molecule has 0 spiro atoms. The van der Waals surface area contributed by atoms with E-state index in [0.717, 1.165) is 6.07 Å². The minimum absolute atomic E-state index is 0.0797. The second-order valence-electron chi connectivity index (χ2n) is 6.58. The smallest absolute Gasteiger partial charge is 0.433 e. The van der Waals surface area contributed by atoms with Crippen molar-refractivity contribution < 1.29 is 17.7 Å². The fourth-order valence-electron chi connectivity index (χ4n) is 3.16. The van der Waals surface area contributed by atoms with Gasteiger partial charge in [0.25, 0.3) is 0 Å². The number of fused-ring (bicyclic) bond motifs is 1. The molecule has 0 saturated carbocycles. The summed E-state index contributed by atoms with van der Waals surface area (Å²) >= 11 is 4.48. The molecule has 0 fully saturated rings. The van der Waals surface area contributed by atoms with E-state index in [0.29, 0.717) is 15.7 Å². The summed E-state index contributed by atoms with van der Waals surface area (Å²) in [6.45, 7) is 1.73. The van der Waals surface area contributed by atoms with Gasteiger partial charge in [0.15, 0.2) is 27.9 Å². The first-order valence-corrected chi connectivity index (χ1v) is 10.8. The SMILES string of the molecule is CC[S+]([O-])c1ccc(-n2cc(Cl)cn2)nc1-c1nc2cc(C(F)(F)F)nc(C#N)c2n1C. The first-order chi connectivity index (χ1) is 15.1. The molecular weight excluding hydrogens is 467 g/mol. The molecule has 4 aromatic heterocycles. The highest BCUT2D eigenvalue weighted by Gasteiger charge is 2.35. The van der Waals surface area contributed by atoms with E-state index in [1.165, 1.54) is 28.7 Å². The highest BCUT2D eigenvalue weighted by molar-refractivity contribution is 7.91. The fourth-order valence-corrected chi connectivity index (χ4v) is 4.18. The van der Waals surface area contributed by atoms with Crippen molar-refractivity contribution >= 4 is 33.8 Å². The number of halogens is 4. The number of imidazole rings is 1. The lowest BCUT2D eigenvalue weighted by Crippen LogP contribution is -2.11. The summed E-state index contributed by atoms with van der Waals surface area (Å²) in [5, 5.41) is 13.9. The van der Waals surface area contributed by atoms with Crippen LogP contribution in [0, 0.1) is 11.3 Å². The van der Waals surface area contributed by atoms with Gasteiger partial charge in [-0.1, -0.05) is 11.6 Å². The Morgan fingerprint density at radius 2 is 2.00 bits per heavy atom. The van der Waals surface area contributed by atoms with Gasteiger partial charge >= 0.3 is 6.18 Å². The normalized spacial score (nSPS) is 12.8. The van der Waals surface area contributed by atoms with Crippen molar-refractivity contribution in [3.63, 3.8) is 0 Å². The summed E-state index contributed by atoms with van der Waals surface area (Å²) in [6.07, 6.45) is -1.81. The predicted molar refractivity (Wildman–Crippen MR) is 111 cm³/mol. The molecule has 0 radical (unpaired) electrons. The Kier molecular flexibility index (Phi) is 5.58. The van der Waals surface area contributed by atoms with Gasteiger partial charge in [0.05, 0.1) is 22.9 Å². The zero-order valence-corrected chi connectivity index (χ0v) is 18.1. The standard InChI is InChI=1S/C19H13ClF3N7OS/c1-3-32(31)13-4-5-15(30-9-10(20)8-25-30)28-16(13)18-27-11-6-14(19(21,22)23)26-12(7-24)17(11)29(18)2/h4-6,8-9H,3H2,1-2H3. The van der Waals surface area contributed by atoms with Crippen LogP contribution in [-0.4, -0.2) is 39.6 Å². The lowest BCUT2D eigenvalue weighted by atomic mass is 10.2. The number of nitrogens with zero attached hydrogens (tertiary/aromatic N) is 7. The second kappa shape index (κ2) is 8.09. The molecular formula is C19H13ClF3N7OS. The molecule has 32 heavy (non-hydrogen) atoms. The van der Waals surface area contributed by atoms with E-state index in [1.54, 1.807) is 25.1 Å². The van der Waals surface area contributed by atoms with Crippen LogP contribution in [-0.2, 0) is 24.4 Å². The van der Waals surface area contributed by atoms with Crippen LogP contribution in [0.1, 0.15) is 18.3 Å². The maximum atomic E-state index is 13.2. The first kappa shape index (κ1) is 22.1. The molecule has 8 nitrogen and oxygen atoms in total. The number of rotatable bonds is 4. The van der Waals surface area contributed by atoms with E-state index >= 15 is 0 Å². The van der Waals surface area contributed by atoms with Gasteiger partial charge in [-0.2, -0.15) is 23.5 Å². The number of aryl methyl sites for hydroxylation is 1. The summed E-state index contributed by atoms with van der Waals surface area (Å²) in [5.41, 5.74) is -1.44. The first-order valence-electron chi connectivity index (χ1n) is 9.09. The third-order valence-electron chi connectivity index (χ3n) is 4.60.